The zero-order chi connectivity index (χ0) is 10.1. The molecule has 1 saturated heterocycles. The van der Waals surface area contributed by atoms with Crippen LogP contribution in [0, 0.1) is 0 Å². The molecule has 1 aliphatic heterocycles. The van der Waals surface area contributed by atoms with E-state index in [2.05, 4.69) is 10.4 Å². The number of piperidine rings is 1. The third-order valence-corrected chi connectivity index (χ3v) is 2.82. The Balaban J connectivity index is 2.31. The van der Waals surface area contributed by atoms with Gasteiger partial charge < -0.3 is 5.32 Å². The maximum atomic E-state index is 11.5. The maximum absolute atomic E-state index is 11.5. The number of nitrogens with zero attached hydrogens (tertiary/aromatic N) is 3. The Morgan fingerprint density at radius 1 is 1.50 bits per heavy atom. The highest BCUT2D eigenvalue weighted by Crippen LogP contribution is 2.19. The summed E-state index contributed by atoms with van der Waals surface area (Å²) in [5, 5.41) is 7.59. The molecule has 0 bridgehead atoms. The highest BCUT2D eigenvalue weighted by molar-refractivity contribution is 4.99. The second-order valence-electron chi connectivity index (χ2n) is 3.87. The van der Waals surface area contributed by atoms with Gasteiger partial charge in [0, 0.05) is 26.6 Å². The molecule has 1 unspecified atom stereocenters. The average Bonchev–Trinajstić information content (AvgIpc) is 2.47. The number of hydrogen-bond acceptors (Lipinski definition) is 3. The van der Waals surface area contributed by atoms with E-state index >= 15 is 0 Å². The third kappa shape index (κ3) is 1.48. The van der Waals surface area contributed by atoms with E-state index in [0.29, 0.717) is 5.92 Å². The molecule has 0 spiro atoms. The SMILES string of the molecule is Cn1nc(C2CCCNC2)n(C)c1=O. The van der Waals surface area contributed by atoms with E-state index in [0.717, 1.165) is 31.8 Å². The Hall–Kier alpha value is -1.10. The van der Waals surface area contributed by atoms with Crippen molar-refractivity contribution in [3.8, 4) is 0 Å². The van der Waals surface area contributed by atoms with Crippen molar-refractivity contribution in [3.05, 3.63) is 16.3 Å². The molecule has 1 aromatic rings. The van der Waals surface area contributed by atoms with E-state index in [1.54, 1.807) is 18.7 Å². The van der Waals surface area contributed by atoms with Crippen molar-refractivity contribution in [2.24, 2.45) is 14.1 Å². The molecule has 0 amide bonds. The molecule has 2 rings (SSSR count). The summed E-state index contributed by atoms with van der Waals surface area (Å²) < 4.78 is 3.06. The fourth-order valence-electron chi connectivity index (χ4n) is 2.01. The molecule has 5 nitrogen and oxygen atoms in total. The number of hydrogen-bond donors (Lipinski definition) is 1. The zero-order valence-corrected chi connectivity index (χ0v) is 8.66. The van der Waals surface area contributed by atoms with Crippen LogP contribution in [0.2, 0.25) is 0 Å². The fraction of sp³-hybridized carbons (Fsp3) is 0.778. The summed E-state index contributed by atoms with van der Waals surface area (Å²) in [7, 11) is 3.49. The largest absolute Gasteiger partial charge is 0.345 e. The van der Waals surface area contributed by atoms with Gasteiger partial charge in [-0.2, -0.15) is 5.10 Å². The van der Waals surface area contributed by atoms with Crippen LogP contribution < -0.4 is 11.0 Å². The van der Waals surface area contributed by atoms with Crippen LogP contribution >= 0.6 is 0 Å². The van der Waals surface area contributed by atoms with Gasteiger partial charge in [0.15, 0.2) is 0 Å². The molecule has 78 valence electrons. The van der Waals surface area contributed by atoms with Crippen LogP contribution in [0.3, 0.4) is 0 Å². The first-order chi connectivity index (χ1) is 6.70. The molecule has 0 aromatic carbocycles. The van der Waals surface area contributed by atoms with Crippen molar-refractivity contribution >= 4 is 0 Å². The van der Waals surface area contributed by atoms with Gasteiger partial charge in [0.25, 0.3) is 0 Å². The average molecular weight is 196 g/mol. The summed E-state index contributed by atoms with van der Waals surface area (Å²) in [4.78, 5) is 11.5. The number of aromatic nitrogens is 3. The lowest BCUT2D eigenvalue weighted by atomic mass is 9.99. The monoisotopic (exact) mass is 196 g/mol. The molecule has 5 heteroatoms. The minimum Gasteiger partial charge on any atom is -0.316 e. The molecule has 1 N–H and O–H groups in total. The summed E-state index contributed by atoms with van der Waals surface area (Å²) >= 11 is 0. The standard InChI is InChI=1S/C9H16N4O/c1-12-8(11-13(2)9(12)14)7-4-3-5-10-6-7/h7,10H,3-6H2,1-2H3. The van der Waals surface area contributed by atoms with E-state index in [9.17, 15) is 4.79 Å². The van der Waals surface area contributed by atoms with Gasteiger partial charge >= 0.3 is 5.69 Å². The van der Waals surface area contributed by atoms with Crippen LogP contribution in [0.4, 0.5) is 0 Å². The Bertz CT molecular complexity index is 373. The summed E-state index contributed by atoms with van der Waals surface area (Å²) in [6.07, 6.45) is 2.28. The lowest BCUT2D eigenvalue weighted by molar-refractivity contribution is 0.436. The van der Waals surface area contributed by atoms with Gasteiger partial charge in [-0.15, -0.1) is 0 Å². The van der Waals surface area contributed by atoms with Gasteiger partial charge in [-0.25, -0.2) is 9.48 Å². The molecule has 1 atom stereocenters. The molecule has 1 aromatic heterocycles. The third-order valence-electron chi connectivity index (χ3n) is 2.82. The molecule has 2 heterocycles. The topological polar surface area (TPSA) is 51.9 Å². The van der Waals surface area contributed by atoms with Gasteiger partial charge in [-0.05, 0) is 19.4 Å². The van der Waals surface area contributed by atoms with E-state index in [1.165, 1.54) is 4.68 Å². The molecule has 1 fully saturated rings. The van der Waals surface area contributed by atoms with Crippen LogP contribution in [0.5, 0.6) is 0 Å². The minimum atomic E-state index is -0.0365. The Morgan fingerprint density at radius 2 is 2.29 bits per heavy atom. The summed E-state index contributed by atoms with van der Waals surface area (Å²) in [6, 6.07) is 0. The van der Waals surface area contributed by atoms with E-state index in [1.807, 2.05) is 0 Å². The van der Waals surface area contributed by atoms with Crippen molar-refractivity contribution < 1.29 is 0 Å². The minimum absolute atomic E-state index is 0.0365. The lowest BCUT2D eigenvalue weighted by Gasteiger charge is -2.21. The van der Waals surface area contributed by atoms with Crippen LogP contribution in [-0.2, 0) is 14.1 Å². The molecule has 14 heavy (non-hydrogen) atoms. The van der Waals surface area contributed by atoms with Gasteiger partial charge in [0.1, 0.15) is 5.82 Å². The fourth-order valence-corrected chi connectivity index (χ4v) is 2.01. The summed E-state index contributed by atoms with van der Waals surface area (Å²) in [5.74, 6) is 1.30. The Morgan fingerprint density at radius 3 is 2.79 bits per heavy atom. The molecular weight excluding hydrogens is 180 g/mol. The van der Waals surface area contributed by atoms with E-state index < -0.39 is 0 Å². The van der Waals surface area contributed by atoms with Gasteiger partial charge in [0.2, 0.25) is 0 Å². The maximum Gasteiger partial charge on any atom is 0.345 e. The first-order valence-corrected chi connectivity index (χ1v) is 5.01. The van der Waals surface area contributed by atoms with Crippen LogP contribution in [-0.4, -0.2) is 27.4 Å². The van der Waals surface area contributed by atoms with Gasteiger partial charge in [-0.3, -0.25) is 4.57 Å². The molecule has 1 aliphatic rings. The quantitative estimate of drug-likeness (QED) is 0.664. The first kappa shape index (κ1) is 9.45. The number of nitrogens with one attached hydrogen (secondary N) is 1. The number of aryl methyl sites for hydroxylation is 1. The van der Waals surface area contributed by atoms with Crippen LogP contribution in [0.1, 0.15) is 24.6 Å². The molecule has 0 radical (unpaired) electrons. The van der Waals surface area contributed by atoms with Crippen LogP contribution in [0.25, 0.3) is 0 Å². The van der Waals surface area contributed by atoms with E-state index in [4.69, 9.17) is 0 Å². The number of rotatable bonds is 1. The predicted molar refractivity (Wildman–Crippen MR) is 53.3 cm³/mol. The van der Waals surface area contributed by atoms with E-state index in [-0.39, 0.29) is 5.69 Å². The molecule has 0 aliphatic carbocycles. The van der Waals surface area contributed by atoms with Crippen molar-refractivity contribution in [2.45, 2.75) is 18.8 Å². The molecular formula is C9H16N4O. The predicted octanol–water partition coefficient (Wildman–Crippen LogP) is -0.414. The zero-order valence-electron chi connectivity index (χ0n) is 8.66. The molecule has 0 saturated carbocycles. The summed E-state index contributed by atoms with van der Waals surface area (Å²) in [5.41, 5.74) is -0.0365. The van der Waals surface area contributed by atoms with Gasteiger partial charge in [0.05, 0.1) is 0 Å². The highest BCUT2D eigenvalue weighted by atomic mass is 16.2. The Labute approximate surface area is 82.7 Å². The smallest absolute Gasteiger partial charge is 0.316 e. The second-order valence-corrected chi connectivity index (χ2v) is 3.87. The normalized spacial score (nSPS) is 22.6. The van der Waals surface area contributed by atoms with Crippen LogP contribution in [0.15, 0.2) is 4.79 Å². The Kier molecular flexibility index (Phi) is 2.41. The van der Waals surface area contributed by atoms with Crippen molar-refractivity contribution in [3.63, 3.8) is 0 Å². The first-order valence-electron chi connectivity index (χ1n) is 5.01. The second kappa shape index (κ2) is 3.57. The van der Waals surface area contributed by atoms with Crippen molar-refractivity contribution in [1.29, 1.82) is 0 Å². The van der Waals surface area contributed by atoms with Crippen molar-refractivity contribution in [2.75, 3.05) is 13.1 Å². The highest BCUT2D eigenvalue weighted by Gasteiger charge is 2.21. The van der Waals surface area contributed by atoms with Gasteiger partial charge in [-0.1, -0.05) is 0 Å². The summed E-state index contributed by atoms with van der Waals surface area (Å²) in [6.45, 7) is 2.02. The lowest BCUT2D eigenvalue weighted by Crippen LogP contribution is -2.30. The van der Waals surface area contributed by atoms with Crippen molar-refractivity contribution in [1.82, 2.24) is 19.7 Å².